The Morgan fingerprint density at radius 2 is 2.25 bits per heavy atom. The minimum atomic E-state index is 0.106. The molecule has 0 saturated heterocycles. The van der Waals surface area contributed by atoms with Crippen LogP contribution in [0.3, 0.4) is 0 Å². The van der Waals surface area contributed by atoms with Crippen molar-refractivity contribution >= 4 is 5.78 Å². The molecule has 1 aliphatic carbocycles. The van der Waals surface area contributed by atoms with E-state index in [1.807, 2.05) is 6.08 Å². The molecule has 16 heavy (non-hydrogen) atoms. The van der Waals surface area contributed by atoms with E-state index >= 15 is 0 Å². The summed E-state index contributed by atoms with van der Waals surface area (Å²) in [5.74, 6) is 0.397. The van der Waals surface area contributed by atoms with E-state index < -0.39 is 0 Å². The van der Waals surface area contributed by atoms with Gasteiger partial charge in [0.25, 0.3) is 0 Å². The number of hydrogen-bond donors (Lipinski definition) is 0. The molecule has 0 aromatic carbocycles. The lowest BCUT2D eigenvalue weighted by Gasteiger charge is -2.39. The van der Waals surface area contributed by atoms with Crippen LogP contribution < -0.4 is 0 Å². The monoisotopic (exact) mass is 220 g/mol. The summed E-state index contributed by atoms with van der Waals surface area (Å²) in [6.45, 7) is 8.62. The average molecular weight is 220 g/mol. The highest BCUT2D eigenvalue weighted by atomic mass is 16.1. The van der Waals surface area contributed by atoms with Crippen LogP contribution >= 0.6 is 0 Å². The third-order valence-corrected chi connectivity index (χ3v) is 3.94. The normalized spacial score (nSPS) is 30.5. The van der Waals surface area contributed by atoms with Gasteiger partial charge in [0.1, 0.15) is 0 Å². The standard InChI is InChI=1S/C15H24O/c1-5-7-10-13(16)14-12(3)9-8-11-15(14,4)6-2/h7,9-10,14H,5-6,8,11H2,1-4H3/b10-7+. The van der Waals surface area contributed by atoms with Crippen LogP contribution in [0.2, 0.25) is 0 Å². The highest BCUT2D eigenvalue weighted by Gasteiger charge is 2.38. The summed E-state index contributed by atoms with van der Waals surface area (Å²) in [6, 6.07) is 0. The fourth-order valence-electron chi connectivity index (χ4n) is 2.72. The fourth-order valence-corrected chi connectivity index (χ4v) is 2.72. The van der Waals surface area contributed by atoms with Gasteiger partial charge in [-0.1, -0.05) is 38.5 Å². The summed E-state index contributed by atoms with van der Waals surface area (Å²) in [6.07, 6.45) is 10.3. The lowest BCUT2D eigenvalue weighted by Crippen LogP contribution is -2.35. The molecule has 1 aliphatic rings. The van der Waals surface area contributed by atoms with Crippen LogP contribution in [0.5, 0.6) is 0 Å². The van der Waals surface area contributed by atoms with Crippen LogP contribution in [0.1, 0.15) is 53.4 Å². The van der Waals surface area contributed by atoms with Gasteiger partial charge in [-0.25, -0.2) is 0 Å². The Morgan fingerprint density at radius 3 is 2.81 bits per heavy atom. The van der Waals surface area contributed by atoms with E-state index in [0.29, 0.717) is 5.78 Å². The minimum absolute atomic E-state index is 0.106. The van der Waals surface area contributed by atoms with Gasteiger partial charge >= 0.3 is 0 Å². The van der Waals surface area contributed by atoms with Crippen molar-refractivity contribution in [2.75, 3.05) is 0 Å². The SMILES string of the molecule is CC/C=C/C(=O)C1C(C)=CCCC1(C)CC. The van der Waals surface area contributed by atoms with Crippen LogP contribution in [0.25, 0.3) is 0 Å². The molecule has 0 aromatic rings. The third-order valence-electron chi connectivity index (χ3n) is 3.94. The van der Waals surface area contributed by atoms with Gasteiger partial charge in [-0.3, -0.25) is 4.79 Å². The Bertz CT molecular complexity index is 311. The van der Waals surface area contributed by atoms with Gasteiger partial charge in [-0.15, -0.1) is 0 Å². The Balaban J connectivity index is 2.95. The molecule has 0 bridgehead atoms. The molecule has 0 amide bonds. The second kappa shape index (κ2) is 5.47. The van der Waals surface area contributed by atoms with Gasteiger partial charge in [0.05, 0.1) is 0 Å². The maximum atomic E-state index is 12.2. The van der Waals surface area contributed by atoms with Crippen molar-refractivity contribution in [2.24, 2.45) is 11.3 Å². The lowest BCUT2D eigenvalue weighted by atomic mass is 9.64. The number of allylic oxidation sites excluding steroid dienone is 4. The van der Waals surface area contributed by atoms with E-state index in [1.165, 1.54) is 5.57 Å². The summed E-state index contributed by atoms with van der Waals surface area (Å²) in [7, 11) is 0. The summed E-state index contributed by atoms with van der Waals surface area (Å²) < 4.78 is 0. The Hall–Kier alpha value is -0.850. The smallest absolute Gasteiger partial charge is 0.163 e. The molecular formula is C15H24O. The predicted octanol–water partition coefficient (Wildman–Crippen LogP) is 4.29. The van der Waals surface area contributed by atoms with E-state index in [4.69, 9.17) is 0 Å². The summed E-state index contributed by atoms with van der Waals surface area (Å²) >= 11 is 0. The zero-order chi connectivity index (χ0) is 12.2. The number of ketones is 1. The predicted molar refractivity (Wildman–Crippen MR) is 69.3 cm³/mol. The number of hydrogen-bond acceptors (Lipinski definition) is 1. The number of carbonyl (C=O) groups excluding carboxylic acids is 1. The van der Waals surface area contributed by atoms with Crippen molar-refractivity contribution in [3.63, 3.8) is 0 Å². The van der Waals surface area contributed by atoms with Gasteiger partial charge in [0, 0.05) is 5.92 Å². The molecular weight excluding hydrogens is 196 g/mol. The van der Waals surface area contributed by atoms with E-state index in [1.54, 1.807) is 6.08 Å². The zero-order valence-electron chi connectivity index (χ0n) is 11.0. The van der Waals surface area contributed by atoms with Gasteiger partial charge < -0.3 is 0 Å². The van der Waals surface area contributed by atoms with Gasteiger partial charge in [-0.2, -0.15) is 0 Å². The molecule has 0 fully saturated rings. The van der Waals surface area contributed by atoms with Crippen LogP contribution in [0.15, 0.2) is 23.8 Å². The Kier molecular flexibility index (Phi) is 4.52. The van der Waals surface area contributed by atoms with Gasteiger partial charge in [-0.05, 0) is 44.1 Å². The zero-order valence-corrected chi connectivity index (χ0v) is 11.0. The number of carbonyl (C=O) groups is 1. The van der Waals surface area contributed by atoms with Crippen LogP contribution in [0, 0.1) is 11.3 Å². The molecule has 0 aliphatic heterocycles. The molecule has 1 heteroatoms. The van der Waals surface area contributed by atoms with Crippen LogP contribution in [0.4, 0.5) is 0 Å². The topological polar surface area (TPSA) is 17.1 Å². The second-order valence-corrected chi connectivity index (χ2v) is 5.14. The summed E-state index contributed by atoms with van der Waals surface area (Å²) in [5.41, 5.74) is 1.43. The molecule has 2 atom stereocenters. The van der Waals surface area contributed by atoms with Crippen molar-refractivity contribution in [1.29, 1.82) is 0 Å². The first-order valence-electron chi connectivity index (χ1n) is 6.42. The molecule has 0 N–H and O–H groups in total. The summed E-state index contributed by atoms with van der Waals surface area (Å²) in [4.78, 5) is 12.2. The average Bonchev–Trinajstić information content (AvgIpc) is 2.26. The third kappa shape index (κ3) is 2.63. The van der Waals surface area contributed by atoms with E-state index in [2.05, 4.69) is 33.8 Å². The van der Waals surface area contributed by atoms with E-state index in [-0.39, 0.29) is 11.3 Å². The summed E-state index contributed by atoms with van der Waals surface area (Å²) in [5, 5.41) is 0. The first-order chi connectivity index (χ1) is 7.55. The molecule has 0 saturated carbocycles. The molecule has 0 radical (unpaired) electrons. The Morgan fingerprint density at radius 1 is 1.56 bits per heavy atom. The minimum Gasteiger partial charge on any atom is -0.294 e. The van der Waals surface area contributed by atoms with Crippen LogP contribution in [-0.2, 0) is 4.79 Å². The maximum Gasteiger partial charge on any atom is 0.163 e. The van der Waals surface area contributed by atoms with Crippen LogP contribution in [-0.4, -0.2) is 5.78 Å². The Labute approximate surface area is 99.6 Å². The van der Waals surface area contributed by atoms with Gasteiger partial charge in [0.15, 0.2) is 5.78 Å². The van der Waals surface area contributed by atoms with E-state index in [9.17, 15) is 4.79 Å². The van der Waals surface area contributed by atoms with Crippen molar-refractivity contribution in [2.45, 2.75) is 53.4 Å². The highest BCUT2D eigenvalue weighted by molar-refractivity contribution is 5.94. The van der Waals surface area contributed by atoms with Gasteiger partial charge in [0.2, 0.25) is 0 Å². The largest absolute Gasteiger partial charge is 0.294 e. The first kappa shape index (κ1) is 13.2. The molecule has 2 unspecified atom stereocenters. The lowest BCUT2D eigenvalue weighted by molar-refractivity contribution is -0.121. The molecule has 0 heterocycles. The highest BCUT2D eigenvalue weighted by Crippen LogP contribution is 2.44. The fraction of sp³-hybridized carbons (Fsp3) is 0.667. The van der Waals surface area contributed by atoms with Crippen molar-refractivity contribution < 1.29 is 4.79 Å². The van der Waals surface area contributed by atoms with Crippen molar-refractivity contribution in [1.82, 2.24) is 0 Å². The van der Waals surface area contributed by atoms with Crippen molar-refractivity contribution in [3.05, 3.63) is 23.8 Å². The maximum absolute atomic E-state index is 12.2. The quantitative estimate of drug-likeness (QED) is 0.510. The number of rotatable bonds is 4. The molecule has 0 aromatic heterocycles. The molecule has 1 nitrogen and oxygen atoms in total. The molecule has 0 spiro atoms. The van der Waals surface area contributed by atoms with E-state index in [0.717, 1.165) is 25.7 Å². The first-order valence-corrected chi connectivity index (χ1v) is 6.42. The molecule has 1 rings (SSSR count). The van der Waals surface area contributed by atoms with Crippen molar-refractivity contribution in [3.8, 4) is 0 Å². The second-order valence-electron chi connectivity index (χ2n) is 5.14. The molecule has 90 valence electrons.